The second kappa shape index (κ2) is 4.93. The third-order valence-corrected chi connectivity index (χ3v) is 3.22. The van der Waals surface area contributed by atoms with Gasteiger partial charge in [-0.25, -0.2) is 0 Å². The molecule has 1 atom stereocenters. The molecule has 0 aromatic carbocycles. The lowest BCUT2D eigenvalue weighted by molar-refractivity contribution is -0.141. The van der Waals surface area contributed by atoms with Crippen molar-refractivity contribution in [2.75, 3.05) is 13.1 Å². The normalized spacial score (nSPS) is 21.2. The van der Waals surface area contributed by atoms with Crippen LogP contribution in [0.15, 0.2) is 22.9 Å². The highest BCUT2D eigenvalue weighted by Crippen LogP contribution is 2.19. The SMILES string of the molecule is O=C(O)C1CCN(Cc2cncc(Br)c2)C1. The molecule has 1 saturated heterocycles. The lowest BCUT2D eigenvalue weighted by Crippen LogP contribution is -2.22. The van der Waals surface area contributed by atoms with Crippen molar-refractivity contribution in [3.63, 3.8) is 0 Å². The van der Waals surface area contributed by atoms with E-state index in [0.717, 1.165) is 29.5 Å². The first-order valence-electron chi connectivity index (χ1n) is 5.20. The van der Waals surface area contributed by atoms with E-state index >= 15 is 0 Å². The minimum atomic E-state index is -0.685. The third kappa shape index (κ3) is 2.80. The summed E-state index contributed by atoms with van der Waals surface area (Å²) in [5.41, 5.74) is 1.11. The molecule has 0 radical (unpaired) electrons. The van der Waals surface area contributed by atoms with Crippen molar-refractivity contribution in [1.82, 2.24) is 9.88 Å². The molecule has 0 saturated carbocycles. The second-order valence-electron chi connectivity index (χ2n) is 4.07. The smallest absolute Gasteiger partial charge is 0.307 e. The molecule has 1 N–H and O–H groups in total. The zero-order chi connectivity index (χ0) is 11.5. The van der Waals surface area contributed by atoms with Gasteiger partial charge in [0.25, 0.3) is 0 Å². The maximum atomic E-state index is 10.8. The van der Waals surface area contributed by atoms with Crippen LogP contribution in [0.1, 0.15) is 12.0 Å². The molecule has 16 heavy (non-hydrogen) atoms. The van der Waals surface area contributed by atoms with E-state index in [1.807, 2.05) is 12.3 Å². The van der Waals surface area contributed by atoms with E-state index < -0.39 is 5.97 Å². The molecule has 0 bridgehead atoms. The second-order valence-corrected chi connectivity index (χ2v) is 4.99. The summed E-state index contributed by atoms with van der Waals surface area (Å²) >= 11 is 3.37. The van der Waals surface area contributed by atoms with E-state index in [0.29, 0.717) is 6.54 Å². The van der Waals surface area contributed by atoms with E-state index in [-0.39, 0.29) is 5.92 Å². The fraction of sp³-hybridized carbons (Fsp3) is 0.455. The molecule has 86 valence electrons. The Kier molecular flexibility index (Phi) is 3.56. The van der Waals surface area contributed by atoms with Crippen LogP contribution in [0.25, 0.3) is 0 Å². The highest BCUT2D eigenvalue weighted by atomic mass is 79.9. The van der Waals surface area contributed by atoms with E-state index in [1.54, 1.807) is 6.20 Å². The molecule has 5 heteroatoms. The Hall–Kier alpha value is -0.940. The molecular formula is C11H13BrN2O2. The van der Waals surface area contributed by atoms with Gasteiger partial charge in [0, 0.05) is 30.0 Å². The summed E-state index contributed by atoms with van der Waals surface area (Å²) in [7, 11) is 0. The zero-order valence-electron chi connectivity index (χ0n) is 8.77. The van der Waals surface area contributed by atoms with Crippen LogP contribution in [-0.4, -0.2) is 34.0 Å². The van der Waals surface area contributed by atoms with Crippen LogP contribution in [-0.2, 0) is 11.3 Å². The van der Waals surface area contributed by atoms with Crippen molar-refractivity contribution < 1.29 is 9.90 Å². The van der Waals surface area contributed by atoms with E-state index in [4.69, 9.17) is 5.11 Å². The summed E-state index contributed by atoms with van der Waals surface area (Å²) < 4.78 is 0.957. The van der Waals surface area contributed by atoms with Gasteiger partial charge in [-0.2, -0.15) is 0 Å². The van der Waals surface area contributed by atoms with Gasteiger partial charge in [0.15, 0.2) is 0 Å². The molecule has 1 aromatic rings. The average Bonchev–Trinajstić information content (AvgIpc) is 2.66. The third-order valence-electron chi connectivity index (χ3n) is 2.79. The first kappa shape index (κ1) is 11.5. The minimum absolute atomic E-state index is 0.208. The number of hydrogen-bond donors (Lipinski definition) is 1. The van der Waals surface area contributed by atoms with Crippen molar-refractivity contribution in [1.29, 1.82) is 0 Å². The Morgan fingerprint density at radius 1 is 1.62 bits per heavy atom. The number of carbonyl (C=O) groups is 1. The molecule has 2 rings (SSSR count). The van der Waals surface area contributed by atoms with Gasteiger partial charge < -0.3 is 5.11 Å². The van der Waals surface area contributed by atoms with Crippen LogP contribution in [0.5, 0.6) is 0 Å². The molecule has 1 aliphatic rings. The average molecular weight is 285 g/mol. The molecule has 4 nitrogen and oxygen atoms in total. The summed E-state index contributed by atoms with van der Waals surface area (Å²) in [5.74, 6) is -0.894. The first-order valence-corrected chi connectivity index (χ1v) is 5.99. The quantitative estimate of drug-likeness (QED) is 0.919. The number of rotatable bonds is 3. The molecule has 2 heterocycles. The van der Waals surface area contributed by atoms with Crippen LogP contribution in [0.2, 0.25) is 0 Å². The van der Waals surface area contributed by atoms with E-state index in [2.05, 4.69) is 25.8 Å². The van der Waals surface area contributed by atoms with Crippen LogP contribution in [0, 0.1) is 5.92 Å². The van der Waals surface area contributed by atoms with Gasteiger partial charge in [-0.15, -0.1) is 0 Å². The molecule has 1 unspecified atom stereocenters. The standard InChI is InChI=1S/C11H13BrN2O2/c12-10-3-8(4-13-5-10)6-14-2-1-9(7-14)11(15)16/h3-5,9H,1-2,6-7H2,(H,15,16). The molecule has 0 amide bonds. The lowest BCUT2D eigenvalue weighted by Gasteiger charge is -2.14. The summed E-state index contributed by atoms with van der Waals surface area (Å²) in [6, 6.07) is 2.01. The number of halogens is 1. The number of carboxylic acid groups (broad SMARTS) is 1. The number of likely N-dealkylation sites (tertiary alicyclic amines) is 1. The molecule has 1 aromatic heterocycles. The summed E-state index contributed by atoms with van der Waals surface area (Å²) in [5, 5.41) is 8.89. The zero-order valence-corrected chi connectivity index (χ0v) is 10.4. The van der Waals surface area contributed by atoms with Gasteiger partial charge in [-0.3, -0.25) is 14.7 Å². The Morgan fingerprint density at radius 3 is 3.06 bits per heavy atom. The Labute approximate surface area is 102 Å². The predicted molar refractivity (Wildman–Crippen MR) is 63.0 cm³/mol. The van der Waals surface area contributed by atoms with Crippen molar-refractivity contribution in [2.45, 2.75) is 13.0 Å². The minimum Gasteiger partial charge on any atom is -0.481 e. The number of pyridine rings is 1. The van der Waals surface area contributed by atoms with E-state index in [1.165, 1.54) is 0 Å². The van der Waals surface area contributed by atoms with Crippen LogP contribution in [0.4, 0.5) is 0 Å². The van der Waals surface area contributed by atoms with Gasteiger partial charge >= 0.3 is 5.97 Å². The van der Waals surface area contributed by atoms with Crippen molar-refractivity contribution in [2.24, 2.45) is 5.92 Å². The largest absolute Gasteiger partial charge is 0.481 e. The van der Waals surface area contributed by atoms with Gasteiger partial charge in [0.05, 0.1) is 5.92 Å². The first-order chi connectivity index (χ1) is 7.65. The van der Waals surface area contributed by atoms with Gasteiger partial charge in [-0.05, 0) is 40.5 Å². The monoisotopic (exact) mass is 284 g/mol. The molecule has 1 aliphatic heterocycles. The number of aliphatic carboxylic acids is 1. The molecule has 0 spiro atoms. The van der Waals surface area contributed by atoms with Crippen molar-refractivity contribution >= 4 is 21.9 Å². The van der Waals surface area contributed by atoms with Crippen molar-refractivity contribution in [3.05, 3.63) is 28.5 Å². The maximum absolute atomic E-state index is 10.8. The van der Waals surface area contributed by atoms with Crippen LogP contribution >= 0.6 is 15.9 Å². The summed E-state index contributed by atoms with van der Waals surface area (Å²) in [4.78, 5) is 17.1. The Balaban J connectivity index is 1.94. The Bertz CT molecular complexity index is 397. The fourth-order valence-electron chi connectivity index (χ4n) is 1.98. The number of hydrogen-bond acceptors (Lipinski definition) is 3. The molecule has 1 fully saturated rings. The highest BCUT2D eigenvalue weighted by molar-refractivity contribution is 9.10. The Morgan fingerprint density at radius 2 is 2.44 bits per heavy atom. The summed E-state index contributed by atoms with van der Waals surface area (Å²) in [6.07, 6.45) is 4.31. The van der Waals surface area contributed by atoms with Crippen LogP contribution in [0.3, 0.4) is 0 Å². The lowest BCUT2D eigenvalue weighted by atomic mass is 10.1. The van der Waals surface area contributed by atoms with Gasteiger partial charge in [0.2, 0.25) is 0 Å². The van der Waals surface area contributed by atoms with Crippen molar-refractivity contribution in [3.8, 4) is 0 Å². The predicted octanol–water partition coefficient (Wildman–Crippen LogP) is 1.75. The van der Waals surface area contributed by atoms with Gasteiger partial charge in [-0.1, -0.05) is 0 Å². The van der Waals surface area contributed by atoms with E-state index in [9.17, 15) is 4.79 Å². The van der Waals surface area contributed by atoms with Crippen LogP contribution < -0.4 is 0 Å². The topological polar surface area (TPSA) is 53.4 Å². The highest BCUT2D eigenvalue weighted by Gasteiger charge is 2.27. The number of aromatic nitrogens is 1. The summed E-state index contributed by atoms with van der Waals surface area (Å²) in [6.45, 7) is 2.27. The van der Waals surface area contributed by atoms with Gasteiger partial charge in [0.1, 0.15) is 0 Å². The number of nitrogens with zero attached hydrogens (tertiary/aromatic N) is 2. The molecule has 0 aliphatic carbocycles. The fourth-order valence-corrected chi connectivity index (χ4v) is 2.39. The number of carboxylic acids is 1. The maximum Gasteiger partial charge on any atom is 0.307 e. The molecular weight excluding hydrogens is 272 g/mol.